The molecule has 0 bridgehead atoms. The van der Waals surface area contributed by atoms with Crippen LogP contribution in [0.25, 0.3) is 5.76 Å². The van der Waals surface area contributed by atoms with Gasteiger partial charge in [-0.05, 0) is 55.3 Å². The zero-order chi connectivity index (χ0) is 27.3. The molecule has 1 aliphatic rings. The number of carbonyl (C=O) groups is 2. The highest BCUT2D eigenvalue weighted by atomic mass is 32.2. The number of Topliss-reactive ketones (excluding diaryl/α,β-unsaturated/α-hetero) is 1. The van der Waals surface area contributed by atoms with Gasteiger partial charge in [-0.25, -0.2) is 12.7 Å². The third-order valence-electron chi connectivity index (χ3n) is 6.00. The number of hydrogen-bond donors (Lipinski definition) is 1. The molecule has 1 fully saturated rings. The zero-order valence-electron chi connectivity index (χ0n) is 21.6. The average molecular weight is 533 g/mol. The Morgan fingerprint density at radius 1 is 1.05 bits per heavy atom. The topological polar surface area (TPSA) is 123 Å². The second-order valence-corrected chi connectivity index (χ2v) is 10.6. The predicted octanol–water partition coefficient (Wildman–Crippen LogP) is 2.80. The van der Waals surface area contributed by atoms with E-state index in [4.69, 9.17) is 14.2 Å². The first-order valence-corrected chi connectivity index (χ1v) is 13.1. The summed E-state index contributed by atoms with van der Waals surface area (Å²) in [4.78, 5) is 27.7. The molecule has 1 atom stereocenters. The second-order valence-electron chi connectivity index (χ2n) is 8.49. The largest absolute Gasteiger partial charge is 0.507 e. The lowest BCUT2D eigenvalue weighted by Crippen LogP contribution is -2.31. The van der Waals surface area contributed by atoms with E-state index >= 15 is 0 Å². The molecule has 200 valence electrons. The minimum absolute atomic E-state index is 0.0295. The van der Waals surface area contributed by atoms with Crippen LogP contribution in [0.2, 0.25) is 0 Å². The van der Waals surface area contributed by atoms with E-state index in [0.29, 0.717) is 36.7 Å². The molecule has 0 aliphatic carbocycles. The minimum atomic E-state index is -3.68. The van der Waals surface area contributed by atoms with Crippen LogP contribution in [-0.4, -0.2) is 82.5 Å². The van der Waals surface area contributed by atoms with Gasteiger partial charge in [0.15, 0.2) is 11.5 Å². The number of aliphatic hydroxyl groups excluding tert-OH is 1. The number of carbonyl (C=O) groups excluding carboxylic acids is 2. The number of hydrogen-bond acceptors (Lipinski definition) is 8. The van der Waals surface area contributed by atoms with Gasteiger partial charge in [0.2, 0.25) is 10.0 Å². The van der Waals surface area contributed by atoms with E-state index in [0.717, 1.165) is 4.31 Å². The number of aliphatic hydroxyl groups is 1. The molecule has 11 heteroatoms. The number of ketones is 1. The molecule has 1 amide bonds. The van der Waals surface area contributed by atoms with E-state index in [1.807, 2.05) is 6.92 Å². The number of likely N-dealkylation sites (tertiary alicyclic amines) is 1. The molecule has 0 spiro atoms. The quantitative estimate of drug-likeness (QED) is 0.203. The normalized spacial score (nSPS) is 17.5. The lowest BCUT2D eigenvalue weighted by molar-refractivity contribution is -0.140. The van der Waals surface area contributed by atoms with Crippen molar-refractivity contribution >= 4 is 27.5 Å². The fraction of sp³-hybridized carbons (Fsp3) is 0.385. The summed E-state index contributed by atoms with van der Waals surface area (Å²) in [6.45, 7) is 2.86. The summed E-state index contributed by atoms with van der Waals surface area (Å²) >= 11 is 0. The van der Waals surface area contributed by atoms with Crippen molar-refractivity contribution in [3.05, 3.63) is 59.2 Å². The summed E-state index contributed by atoms with van der Waals surface area (Å²) in [5, 5.41) is 11.2. The third kappa shape index (κ3) is 5.63. The molecule has 1 N–H and O–H groups in total. The van der Waals surface area contributed by atoms with Gasteiger partial charge in [-0.2, -0.15) is 0 Å². The van der Waals surface area contributed by atoms with Crippen LogP contribution in [0.5, 0.6) is 11.5 Å². The first-order chi connectivity index (χ1) is 17.6. The van der Waals surface area contributed by atoms with E-state index in [2.05, 4.69) is 0 Å². The maximum atomic E-state index is 13.2. The lowest BCUT2D eigenvalue weighted by atomic mass is 9.95. The van der Waals surface area contributed by atoms with Gasteiger partial charge in [0.1, 0.15) is 5.76 Å². The summed E-state index contributed by atoms with van der Waals surface area (Å²) < 4.78 is 42.1. The molecule has 1 heterocycles. The highest BCUT2D eigenvalue weighted by Crippen LogP contribution is 2.42. The Balaban J connectivity index is 2.14. The number of benzene rings is 2. The van der Waals surface area contributed by atoms with Gasteiger partial charge >= 0.3 is 0 Å². The fourth-order valence-electron chi connectivity index (χ4n) is 4.12. The van der Waals surface area contributed by atoms with Crippen molar-refractivity contribution in [1.82, 2.24) is 9.21 Å². The molecule has 1 aliphatic heterocycles. The Bertz CT molecular complexity index is 1290. The molecular weight excluding hydrogens is 500 g/mol. The molecule has 3 rings (SSSR count). The number of methoxy groups -OCH3 is 2. The van der Waals surface area contributed by atoms with Crippen LogP contribution in [0.4, 0.5) is 0 Å². The Morgan fingerprint density at radius 3 is 2.30 bits per heavy atom. The number of sulfonamides is 1. The summed E-state index contributed by atoms with van der Waals surface area (Å²) in [5.74, 6) is -1.07. The van der Waals surface area contributed by atoms with Crippen LogP contribution >= 0.6 is 0 Å². The second kappa shape index (κ2) is 11.8. The third-order valence-corrected chi connectivity index (χ3v) is 7.83. The van der Waals surface area contributed by atoms with Crippen molar-refractivity contribution in [3.63, 3.8) is 0 Å². The van der Waals surface area contributed by atoms with Crippen LogP contribution in [0.3, 0.4) is 0 Å². The van der Waals surface area contributed by atoms with Crippen LogP contribution < -0.4 is 9.47 Å². The standard InChI is InChI=1S/C26H32N2O8S/c1-6-36-20-13-10-18(16-21(20)35-5)23-22(25(30)26(31)28(23)14-7-15-34-4)24(29)17-8-11-19(12-9-17)37(32,33)27(2)3/h8-13,16,23,29H,6-7,14-15H2,1-5H3/b24-22-. The SMILES string of the molecule is CCOc1ccc(C2/C(=C(/O)c3ccc(S(=O)(=O)N(C)C)cc3)C(=O)C(=O)N2CCCOC)cc1OC. The van der Waals surface area contributed by atoms with Gasteiger partial charge in [-0.3, -0.25) is 9.59 Å². The number of nitrogens with zero attached hydrogens (tertiary/aromatic N) is 2. The number of ether oxygens (including phenoxy) is 3. The monoisotopic (exact) mass is 532 g/mol. The van der Waals surface area contributed by atoms with E-state index in [-0.39, 0.29) is 22.6 Å². The maximum absolute atomic E-state index is 13.2. The molecule has 0 aromatic heterocycles. The zero-order valence-corrected chi connectivity index (χ0v) is 22.4. The van der Waals surface area contributed by atoms with Crippen LogP contribution in [0, 0.1) is 0 Å². The van der Waals surface area contributed by atoms with Crippen molar-refractivity contribution < 1.29 is 37.3 Å². The summed E-state index contributed by atoms with van der Waals surface area (Å²) in [6, 6.07) is 9.67. The van der Waals surface area contributed by atoms with Gasteiger partial charge in [0, 0.05) is 39.9 Å². The van der Waals surface area contributed by atoms with Gasteiger partial charge in [0.25, 0.3) is 11.7 Å². The highest BCUT2D eigenvalue weighted by molar-refractivity contribution is 7.89. The molecule has 1 saturated heterocycles. The highest BCUT2D eigenvalue weighted by Gasteiger charge is 2.46. The molecule has 0 radical (unpaired) electrons. The van der Waals surface area contributed by atoms with Crippen molar-refractivity contribution in [2.45, 2.75) is 24.3 Å². The summed E-state index contributed by atoms with van der Waals surface area (Å²) in [7, 11) is 2.18. The van der Waals surface area contributed by atoms with Crippen molar-refractivity contribution in [1.29, 1.82) is 0 Å². The number of rotatable bonds is 11. The Hall–Kier alpha value is -3.41. The lowest BCUT2D eigenvalue weighted by Gasteiger charge is -2.26. The van der Waals surface area contributed by atoms with E-state index in [9.17, 15) is 23.1 Å². The predicted molar refractivity (Wildman–Crippen MR) is 137 cm³/mol. The van der Waals surface area contributed by atoms with Crippen molar-refractivity contribution in [2.24, 2.45) is 0 Å². The molecular formula is C26H32N2O8S. The van der Waals surface area contributed by atoms with E-state index < -0.39 is 33.5 Å². The van der Waals surface area contributed by atoms with E-state index in [1.54, 1.807) is 25.3 Å². The molecule has 2 aromatic carbocycles. The minimum Gasteiger partial charge on any atom is -0.507 e. The van der Waals surface area contributed by atoms with Gasteiger partial charge in [-0.1, -0.05) is 6.07 Å². The van der Waals surface area contributed by atoms with E-state index in [1.165, 1.54) is 50.4 Å². The summed E-state index contributed by atoms with van der Waals surface area (Å²) in [6.07, 6.45) is 0.477. The average Bonchev–Trinajstić information content (AvgIpc) is 3.13. The maximum Gasteiger partial charge on any atom is 0.295 e. The summed E-state index contributed by atoms with van der Waals surface area (Å²) in [5.41, 5.74) is 0.651. The fourth-order valence-corrected chi connectivity index (χ4v) is 5.02. The van der Waals surface area contributed by atoms with Crippen molar-refractivity contribution in [3.8, 4) is 11.5 Å². The Morgan fingerprint density at radius 2 is 1.73 bits per heavy atom. The molecule has 10 nitrogen and oxygen atoms in total. The molecule has 1 unspecified atom stereocenters. The Kier molecular flexibility index (Phi) is 8.95. The number of amides is 1. The smallest absolute Gasteiger partial charge is 0.295 e. The molecule has 2 aromatic rings. The van der Waals surface area contributed by atoms with Crippen LogP contribution in [-0.2, 0) is 24.3 Å². The van der Waals surface area contributed by atoms with Crippen LogP contribution in [0.15, 0.2) is 52.9 Å². The first-order valence-electron chi connectivity index (χ1n) is 11.7. The Labute approximate surface area is 217 Å². The first kappa shape index (κ1) is 28.2. The van der Waals surface area contributed by atoms with Gasteiger partial charge in [-0.15, -0.1) is 0 Å². The van der Waals surface area contributed by atoms with Gasteiger partial charge < -0.3 is 24.2 Å². The van der Waals surface area contributed by atoms with Crippen LogP contribution in [0.1, 0.15) is 30.5 Å². The van der Waals surface area contributed by atoms with Crippen molar-refractivity contribution in [2.75, 3.05) is 48.1 Å². The molecule has 0 saturated carbocycles. The van der Waals surface area contributed by atoms with Gasteiger partial charge in [0.05, 0.1) is 30.2 Å². The molecule has 37 heavy (non-hydrogen) atoms.